The number of rotatable bonds is 5. The van der Waals surface area contributed by atoms with Gasteiger partial charge in [0.25, 0.3) is 0 Å². The molecular weight excluding hydrogens is 232 g/mol. The van der Waals surface area contributed by atoms with Gasteiger partial charge in [-0.15, -0.1) is 0 Å². The second kappa shape index (κ2) is 6.18. The van der Waals surface area contributed by atoms with Crippen molar-refractivity contribution in [2.24, 2.45) is 5.92 Å². The van der Waals surface area contributed by atoms with Crippen LogP contribution in [0, 0.1) is 12.8 Å². The van der Waals surface area contributed by atoms with Gasteiger partial charge in [0.05, 0.1) is 7.11 Å². The minimum atomic E-state index is -0.428. The van der Waals surface area contributed by atoms with Gasteiger partial charge in [-0.05, 0) is 19.3 Å². The van der Waals surface area contributed by atoms with E-state index >= 15 is 0 Å². The Balaban J connectivity index is 2.88. The smallest absolute Gasteiger partial charge is 0.328 e. The first-order valence-corrected chi connectivity index (χ1v) is 5.87. The molecular formula is C12H20N4O2. The lowest BCUT2D eigenvalue weighted by Gasteiger charge is -2.19. The highest BCUT2D eigenvalue weighted by Gasteiger charge is 2.21. The molecule has 0 aliphatic rings. The summed E-state index contributed by atoms with van der Waals surface area (Å²) >= 11 is 0. The van der Waals surface area contributed by atoms with E-state index in [0.717, 1.165) is 5.56 Å². The summed E-state index contributed by atoms with van der Waals surface area (Å²) in [5.74, 6) is 1.03. The average molecular weight is 252 g/mol. The Morgan fingerprint density at radius 3 is 2.72 bits per heavy atom. The Labute approximate surface area is 107 Å². The molecule has 6 nitrogen and oxygen atoms in total. The van der Waals surface area contributed by atoms with Gasteiger partial charge in [0.15, 0.2) is 0 Å². The fraction of sp³-hybridized carbons (Fsp3) is 0.583. The molecule has 0 saturated carbocycles. The van der Waals surface area contributed by atoms with Crippen molar-refractivity contribution in [1.82, 2.24) is 9.97 Å². The first-order valence-electron chi connectivity index (χ1n) is 5.87. The van der Waals surface area contributed by atoms with E-state index in [1.807, 2.05) is 13.8 Å². The molecule has 0 radical (unpaired) electrons. The Morgan fingerprint density at radius 2 is 2.17 bits per heavy atom. The second-order valence-electron chi connectivity index (χ2n) is 4.58. The Hall–Kier alpha value is -1.85. The highest BCUT2D eigenvalue weighted by molar-refractivity contribution is 5.79. The first kappa shape index (κ1) is 14.2. The third-order valence-electron chi connectivity index (χ3n) is 2.63. The van der Waals surface area contributed by atoms with Crippen LogP contribution >= 0.6 is 0 Å². The molecule has 1 atom stereocenters. The monoisotopic (exact) mass is 252 g/mol. The van der Waals surface area contributed by atoms with Crippen LogP contribution in [0.5, 0.6) is 0 Å². The molecule has 0 spiro atoms. The molecule has 0 aliphatic carbocycles. The lowest BCUT2D eigenvalue weighted by molar-refractivity contribution is -0.141. The number of methoxy groups -OCH3 is 1. The molecule has 0 bridgehead atoms. The molecule has 0 aromatic carbocycles. The maximum absolute atomic E-state index is 11.7. The minimum absolute atomic E-state index is 0.305. The van der Waals surface area contributed by atoms with Crippen molar-refractivity contribution >= 4 is 17.6 Å². The summed E-state index contributed by atoms with van der Waals surface area (Å²) in [5, 5.41) is 3.06. The van der Waals surface area contributed by atoms with Crippen LogP contribution in [0.15, 0.2) is 6.33 Å². The Morgan fingerprint density at radius 1 is 1.50 bits per heavy atom. The molecule has 3 N–H and O–H groups in total. The molecule has 1 unspecified atom stereocenters. The van der Waals surface area contributed by atoms with Crippen LogP contribution < -0.4 is 11.1 Å². The largest absolute Gasteiger partial charge is 0.467 e. The number of ether oxygens (including phenoxy) is 1. The summed E-state index contributed by atoms with van der Waals surface area (Å²) in [5.41, 5.74) is 6.43. The zero-order chi connectivity index (χ0) is 13.7. The quantitative estimate of drug-likeness (QED) is 0.769. The van der Waals surface area contributed by atoms with Gasteiger partial charge in [-0.3, -0.25) is 0 Å². The van der Waals surface area contributed by atoms with Gasteiger partial charge in [0, 0.05) is 5.56 Å². The van der Waals surface area contributed by atoms with Crippen molar-refractivity contribution in [3.63, 3.8) is 0 Å². The van der Waals surface area contributed by atoms with Gasteiger partial charge >= 0.3 is 5.97 Å². The Kier molecular flexibility index (Phi) is 4.88. The van der Waals surface area contributed by atoms with Crippen LogP contribution in [0.4, 0.5) is 11.6 Å². The van der Waals surface area contributed by atoms with Crippen LogP contribution in [0.3, 0.4) is 0 Å². The lowest BCUT2D eigenvalue weighted by Crippen LogP contribution is -2.32. The van der Waals surface area contributed by atoms with Gasteiger partial charge in [-0.1, -0.05) is 13.8 Å². The molecule has 1 aromatic heterocycles. The molecule has 0 saturated heterocycles. The molecule has 100 valence electrons. The summed E-state index contributed by atoms with van der Waals surface area (Å²) in [4.78, 5) is 19.7. The molecule has 18 heavy (non-hydrogen) atoms. The predicted octanol–water partition coefficient (Wildman–Crippen LogP) is 1.37. The second-order valence-corrected chi connectivity index (χ2v) is 4.58. The fourth-order valence-corrected chi connectivity index (χ4v) is 1.60. The SMILES string of the molecule is COC(=O)C(CC(C)C)Nc1ncnc(N)c1C. The zero-order valence-corrected chi connectivity index (χ0v) is 11.2. The molecule has 0 amide bonds. The third-order valence-corrected chi connectivity index (χ3v) is 2.63. The van der Waals surface area contributed by atoms with Crippen LogP contribution in [0.2, 0.25) is 0 Å². The van der Waals surface area contributed by atoms with Gasteiger partial charge in [-0.25, -0.2) is 14.8 Å². The highest BCUT2D eigenvalue weighted by Crippen LogP contribution is 2.18. The van der Waals surface area contributed by atoms with E-state index in [9.17, 15) is 4.79 Å². The van der Waals surface area contributed by atoms with Crippen LogP contribution in [-0.2, 0) is 9.53 Å². The third kappa shape index (κ3) is 3.58. The number of aromatic nitrogens is 2. The molecule has 0 aliphatic heterocycles. The normalized spacial score (nSPS) is 12.3. The number of esters is 1. The van der Waals surface area contributed by atoms with Crippen molar-refractivity contribution in [1.29, 1.82) is 0 Å². The number of carbonyl (C=O) groups is 1. The van der Waals surface area contributed by atoms with Gasteiger partial charge in [0.1, 0.15) is 24.0 Å². The molecule has 0 fully saturated rings. The van der Waals surface area contributed by atoms with Crippen molar-refractivity contribution in [3.8, 4) is 0 Å². The summed E-state index contributed by atoms with van der Waals surface area (Å²) in [6.07, 6.45) is 2.03. The molecule has 1 aromatic rings. The fourth-order valence-electron chi connectivity index (χ4n) is 1.60. The average Bonchev–Trinajstić information content (AvgIpc) is 2.32. The van der Waals surface area contributed by atoms with Gasteiger partial charge in [-0.2, -0.15) is 0 Å². The van der Waals surface area contributed by atoms with E-state index in [2.05, 4.69) is 15.3 Å². The van der Waals surface area contributed by atoms with Crippen molar-refractivity contribution < 1.29 is 9.53 Å². The summed E-state index contributed by atoms with van der Waals surface area (Å²) in [6, 6.07) is -0.428. The van der Waals surface area contributed by atoms with E-state index < -0.39 is 6.04 Å². The topological polar surface area (TPSA) is 90.1 Å². The number of hydrogen-bond donors (Lipinski definition) is 2. The number of nitrogens with one attached hydrogen (secondary N) is 1. The van der Waals surface area contributed by atoms with E-state index in [4.69, 9.17) is 10.5 Å². The number of nitrogens with two attached hydrogens (primary N) is 1. The number of carbonyl (C=O) groups excluding carboxylic acids is 1. The summed E-state index contributed by atoms with van der Waals surface area (Å²) < 4.78 is 4.78. The summed E-state index contributed by atoms with van der Waals surface area (Å²) in [7, 11) is 1.37. The van der Waals surface area contributed by atoms with Crippen LogP contribution in [0.25, 0.3) is 0 Å². The minimum Gasteiger partial charge on any atom is -0.467 e. The van der Waals surface area contributed by atoms with E-state index in [1.54, 1.807) is 6.92 Å². The summed E-state index contributed by atoms with van der Waals surface area (Å²) in [6.45, 7) is 5.89. The molecule has 1 rings (SSSR count). The highest BCUT2D eigenvalue weighted by atomic mass is 16.5. The lowest BCUT2D eigenvalue weighted by atomic mass is 10.0. The van der Waals surface area contributed by atoms with E-state index in [1.165, 1.54) is 13.4 Å². The van der Waals surface area contributed by atoms with Crippen LogP contribution in [-0.4, -0.2) is 29.1 Å². The van der Waals surface area contributed by atoms with Crippen molar-refractivity contribution in [2.45, 2.75) is 33.2 Å². The molecule has 1 heterocycles. The number of anilines is 2. The number of nitrogens with zero attached hydrogens (tertiary/aromatic N) is 2. The van der Waals surface area contributed by atoms with E-state index in [-0.39, 0.29) is 5.97 Å². The first-order chi connectivity index (χ1) is 8.45. The van der Waals surface area contributed by atoms with Gasteiger partial charge < -0.3 is 15.8 Å². The number of nitrogen functional groups attached to an aromatic ring is 1. The zero-order valence-electron chi connectivity index (χ0n) is 11.2. The van der Waals surface area contributed by atoms with Crippen molar-refractivity contribution in [3.05, 3.63) is 11.9 Å². The predicted molar refractivity (Wildman–Crippen MR) is 70.1 cm³/mol. The van der Waals surface area contributed by atoms with Gasteiger partial charge in [0.2, 0.25) is 0 Å². The molecule has 6 heteroatoms. The van der Waals surface area contributed by atoms with Crippen molar-refractivity contribution in [2.75, 3.05) is 18.2 Å². The maximum atomic E-state index is 11.7. The van der Waals surface area contributed by atoms with Crippen LogP contribution in [0.1, 0.15) is 25.8 Å². The Bertz CT molecular complexity index is 421. The van der Waals surface area contributed by atoms with E-state index in [0.29, 0.717) is 24.0 Å². The number of hydrogen-bond acceptors (Lipinski definition) is 6. The standard InChI is InChI=1S/C12H20N4O2/c1-7(2)5-9(12(17)18-4)16-11-8(3)10(13)14-6-15-11/h6-7,9H,5H2,1-4H3,(H3,13,14,15,16). The maximum Gasteiger partial charge on any atom is 0.328 e.